The maximum atomic E-state index is 12.9. The highest BCUT2D eigenvalue weighted by Gasteiger charge is 2.39. The van der Waals surface area contributed by atoms with Gasteiger partial charge in [-0.15, -0.1) is 0 Å². The largest absolute Gasteiger partial charge is 0.439 e. The van der Waals surface area contributed by atoms with Crippen LogP contribution in [0.3, 0.4) is 0 Å². The average Bonchev–Trinajstić information content (AvgIpc) is 3.38. The van der Waals surface area contributed by atoms with Crippen LogP contribution in [0.2, 0.25) is 0 Å². The highest BCUT2D eigenvalue weighted by molar-refractivity contribution is 6.06. The van der Waals surface area contributed by atoms with Crippen LogP contribution in [0, 0.1) is 6.92 Å². The fraction of sp³-hybridized carbons (Fsp3) is 0.250. The number of nitrogens with one attached hydrogen (secondary N) is 2. The molecular formula is C24H22N4O4. The number of carbonyl (C=O) groups excluding carboxylic acids is 3. The summed E-state index contributed by atoms with van der Waals surface area (Å²) >= 11 is 0. The Bertz CT molecular complexity index is 1210. The second-order valence-corrected chi connectivity index (χ2v) is 8.08. The molecule has 1 fully saturated rings. The summed E-state index contributed by atoms with van der Waals surface area (Å²) in [5.74, 6) is 0.320. The number of carbonyl (C=O) groups is 3. The standard InChI is InChI=1S/C24H22N4O4/c1-14-5-7-15(8-6-14)23-26-12-16(32-23)11-25-19-4-2-3-17-18(19)13-28(24(17)31)20-9-10-21(29)27-22(20)30/h2-8,12,20,25H,9-11,13H2,1H3,(H,27,29,30). The third-order valence-corrected chi connectivity index (χ3v) is 5.89. The summed E-state index contributed by atoms with van der Waals surface area (Å²) < 4.78 is 5.88. The molecule has 1 unspecified atom stereocenters. The highest BCUT2D eigenvalue weighted by atomic mass is 16.4. The molecule has 8 nitrogen and oxygen atoms in total. The highest BCUT2D eigenvalue weighted by Crippen LogP contribution is 2.32. The zero-order valence-corrected chi connectivity index (χ0v) is 17.6. The number of oxazole rings is 1. The third-order valence-electron chi connectivity index (χ3n) is 5.89. The first-order valence-electron chi connectivity index (χ1n) is 10.5. The summed E-state index contributed by atoms with van der Waals surface area (Å²) in [5, 5.41) is 5.66. The van der Waals surface area contributed by atoms with Gasteiger partial charge in [-0.3, -0.25) is 19.7 Å². The van der Waals surface area contributed by atoms with Crippen molar-refractivity contribution in [2.24, 2.45) is 0 Å². The lowest BCUT2D eigenvalue weighted by atomic mass is 10.0. The van der Waals surface area contributed by atoms with Crippen molar-refractivity contribution in [3.8, 4) is 11.5 Å². The second kappa shape index (κ2) is 7.96. The molecule has 1 saturated heterocycles. The number of nitrogens with zero attached hydrogens (tertiary/aromatic N) is 2. The van der Waals surface area contributed by atoms with E-state index in [1.165, 1.54) is 5.56 Å². The van der Waals surface area contributed by atoms with E-state index in [0.717, 1.165) is 16.8 Å². The minimum absolute atomic E-state index is 0.195. The lowest BCUT2D eigenvalue weighted by Crippen LogP contribution is -2.52. The molecule has 0 aliphatic carbocycles. The van der Waals surface area contributed by atoms with E-state index < -0.39 is 11.9 Å². The molecule has 0 radical (unpaired) electrons. The maximum absolute atomic E-state index is 12.9. The summed E-state index contributed by atoms with van der Waals surface area (Å²) in [5.41, 5.74) is 4.28. The number of benzene rings is 2. The van der Waals surface area contributed by atoms with E-state index in [1.54, 1.807) is 17.2 Å². The first-order valence-corrected chi connectivity index (χ1v) is 10.5. The number of amides is 3. The van der Waals surface area contributed by atoms with Crippen LogP contribution < -0.4 is 10.6 Å². The summed E-state index contributed by atoms with van der Waals surface area (Å²) in [6.07, 6.45) is 2.26. The fourth-order valence-electron chi connectivity index (χ4n) is 4.15. The van der Waals surface area contributed by atoms with Gasteiger partial charge in [0.1, 0.15) is 11.8 Å². The Morgan fingerprint density at radius 2 is 1.97 bits per heavy atom. The molecule has 2 N–H and O–H groups in total. The van der Waals surface area contributed by atoms with Crippen LogP contribution >= 0.6 is 0 Å². The quantitative estimate of drug-likeness (QED) is 0.603. The lowest BCUT2D eigenvalue weighted by Gasteiger charge is -2.29. The van der Waals surface area contributed by atoms with Gasteiger partial charge >= 0.3 is 0 Å². The molecule has 5 rings (SSSR count). The number of anilines is 1. The van der Waals surface area contributed by atoms with Gasteiger partial charge in [-0.1, -0.05) is 23.8 Å². The van der Waals surface area contributed by atoms with Crippen LogP contribution in [0.15, 0.2) is 53.1 Å². The van der Waals surface area contributed by atoms with E-state index in [1.807, 2.05) is 43.3 Å². The zero-order chi connectivity index (χ0) is 22.2. The molecule has 0 saturated carbocycles. The van der Waals surface area contributed by atoms with Crippen LogP contribution in [0.5, 0.6) is 0 Å². The Kier molecular flexibility index (Phi) is 4.97. The number of piperidine rings is 1. The molecule has 3 heterocycles. The second-order valence-electron chi connectivity index (χ2n) is 8.08. The van der Waals surface area contributed by atoms with Crippen molar-refractivity contribution in [2.75, 3.05) is 5.32 Å². The Morgan fingerprint density at radius 3 is 2.75 bits per heavy atom. The molecule has 0 bridgehead atoms. The van der Waals surface area contributed by atoms with Crippen molar-refractivity contribution in [1.29, 1.82) is 0 Å². The molecule has 1 aromatic heterocycles. The molecule has 32 heavy (non-hydrogen) atoms. The van der Waals surface area contributed by atoms with Gasteiger partial charge in [0.2, 0.25) is 17.7 Å². The molecule has 1 atom stereocenters. The smallest absolute Gasteiger partial charge is 0.255 e. The summed E-state index contributed by atoms with van der Waals surface area (Å²) in [6, 6.07) is 12.8. The topological polar surface area (TPSA) is 105 Å². The van der Waals surface area contributed by atoms with Crippen molar-refractivity contribution in [3.63, 3.8) is 0 Å². The SMILES string of the molecule is Cc1ccc(-c2ncc(CNc3cccc4c3CN(C3CCC(=O)NC3=O)C4=O)o2)cc1. The van der Waals surface area contributed by atoms with Gasteiger partial charge in [0, 0.05) is 35.3 Å². The normalized spacial score (nSPS) is 18.0. The third kappa shape index (κ3) is 3.64. The van der Waals surface area contributed by atoms with Crippen LogP contribution in [0.1, 0.15) is 40.1 Å². The number of aromatic nitrogens is 1. The monoisotopic (exact) mass is 430 g/mol. The van der Waals surface area contributed by atoms with Gasteiger partial charge in [0.05, 0.1) is 12.7 Å². The van der Waals surface area contributed by atoms with Gasteiger partial charge in [0.25, 0.3) is 5.91 Å². The number of hydrogen-bond donors (Lipinski definition) is 2. The van der Waals surface area contributed by atoms with Crippen molar-refractivity contribution >= 4 is 23.4 Å². The molecule has 162 valence electrons. The average molecular weight is 430 g/mol. The summed E-state index contributed by atoms with van der Waals surface area (Å²) in [7, 11) is 0. The number of imide groups is 1. The van der Waals surface area contributed by atoms with Crippen molar-refractivity contribution in [3.05, 3.63) is 71.1 Å². The van der Waals surface area contributed by atoms with Gasteiger partial charge in [-0.25, -0.2) is 4.98 Å². The summed E-state index contributed by atoms with van der Waals surface area (Å²) in [4.78, 5) is 42.6. The minimum Gasteiger partial charge on any atom is -0.439 e. The first-order chi connectivity index (χ1) is 15.5. The minimum atomic E-state index is -0.633. The van der Waals surface area contributed by atoms with Gasteiger partial charge in [0.15, 0.2) is 0 Å². The van der Waals surface area contributed by atoms with E-state index in [2.05, 4.69) is 15.6 Å². The molecule has 8 heteroatoms. The van der Waals surface area contributed by atoms with Crippen LogP contribution in [0.25, 0.3) is 11.5 Å². The predicted octanol–water partition coefficient (Wildman–Crippen LogP) is 3.02. The molecule has 2 aromatic carbocycles. The van der Waals surface area contributed by atoms with Gasteiger partial charge < -0.3 is 14.6 Å². The van der Waals surface area contributed by atoms with Crippen molar-refractivity contribution < 1.29 is 18.8 Å². The Morgan fingerprint density at radius 1 is 1.16 bits per heavy atom. The molecular weight excluding hydrogens is 408 g/mol. The number of hydrogen-bond acceptors (Lipinski definition) is 6. The Hall–Kier alpha value is -3.94. The fourth-order valence-corrected chi connectivity index (χ4v) is 4.15. The van der Waals surface area contributed by atoms with Gasteiger partial charge in [-0.2, -0.15) is 0 Å². The van der Waals surface area contributed by atoms with Gasteiger partial charge in [-0.05, 0) is 37.6 Å². The lowest BCUT2D eigenvalue weighted by molar-refractivity contribution is -0.136. The number of fused-ring (bicyclic) bond motifs is 1. The zero-order valence-electron chi connectivity index (χ0n) is 17.6. The van der Waals surface area contributed by atoms with Crippen LogP contribution in [-0.2, 0) is 22.7 Å². The number of aryl methyl sites for hydroxylation is 1. The molecule has 0 spiro atoms. The number of rotatable bonds is 5. The molecule has 3 aromatic rings. The Labute approximate surface area is 184 Å². The summed E-state index contributed by atoms with van der Waals surface area (Å²) in [6.45, 7) is 2.75. The maximum Gasteiger partial charge on any atom is 0.255 e. The molecule has 2 aliphatic heterocycles. The molecule has 2 aliphatic rings. The molecule has 3 amide bonds. The van der Waals surface area contributed by atoms with Crippen molar-refractivity contribution in [1.82, 2.24) is 15.2 Å². The van der Waals surface area contributed by atoms with E-state index >= 15 is 0 Å². The predicted molar refractivity (Wildman–Crippen MR) is 116 cm³/mol. The van der Waals surface area contributed by atoms with Crippen molar-refractivity contribution in [2.45, 2.75) is 38.9 Å². The van der Waals surface area contributed by atoms with E-state index in [-0.39, 0.29) is 18.2 Å². The van der Waals surface area contributed by atoms with E-state index in [9.17, 15) is 14.4 Å². The van der Waals surface area contributed by atoms with E-state index in [4.69, 9.17) is 4.42 Å². The van der Waals surface area contributed by atoms with E-state index in [0.29, 0.717) is 36.7 Å². The van der Waals surface area contributed by atoms with Crippen LogP contribution in [-0.4, -0.2) is 33.6 Å². The first kappa shape index (κ1) is 20.0. The van der Waals surface area contributed by atoms with Crippen LogP contribution in [0.4, 0.5) is 5.69 Å². The Balaban J connectivity index is 1.31.